The van der Waals surface area contributed by atoms with E-state index < -0.39 is 0 Å². The third-order valence-electron chi connectivity index (χ3n) is 5.37. The molecule has 0 aliphatic heterocycles. The van der Waals surface area contributed by atoms with E-state index in [9.17, 15) is 14.0 Å². The van der Waals surface area contributed by atoms with Crippen LogP contribution in [0.2, 0.25) is 0 Å². The number of para-hydroxylation sites is 2. The Morgan fingerprint density at radius 1 is 1.03 bits per heavy atom. The van der Waals surface area contributed by atoms with Crippen molar-refractivity contribution in [2.24, 2.45) is 0 Å². The second-order valence-corrected chi connectivity index (χ2v) is 8.57. The zero-order valence-electron chi connectivity index (χ0n) is 20.2. The van der Waals surface area contributed by atoms with Gasteiger partial charge < -0.3 is 26.2 Å². The maximum atomic E-state index is 13.6. The number of anilines is 3. The monoisotopic (exact) mass is 478 g/mol. The lowest BCUT2D eigenvalue weighted by Crippen LogP contribution is -2.36. The average molecular weight is 479 g/mol. The molecule has 0 bridgehead atoms. The van der Waals surface area contributed by atoms with E-state index in [4.69, 9.17) is 5.73 Å². The van der Waals surface area contributed by atoms with Crippen molar-refractivity contribution in [3.05, 3.63) is 83.4 Å². The summed E-state index contributed by atoms with van der Waals surface area (Å²) < 4.78 is 13.6. The molecule has 9 heteroatoms. The quantitative estimate of drug-likeness (QED) is 0.397. The molecule has 0 radical (unpaired) electrons. The Kier molecular flexibility index (Phi) is 8.74. The number of halogens is 1. The minimum atomic E-state index is -0.373. The number of urea groups is 1. The van der Waals surface area contributed by atoms with Gasteiger partial charge in [-0.25, -0.2) is 9.18 Å². The molecule has 0 spiro atoms. The fourth-order valence-corrected chi connectivity index (χ4v) is 3.43. The maximum Gasteiger partial charge on any atom is 0.322 e. The van der Waals surface area contributed by atoms with Crippen LogP contribution in [0.25, 0.3) is 0 Å². The van der Waals surface area contributed by atoms with Crippen molar-refractivity contribution >= 4 is 29.0 Å². The number of hydrogen-bond donors (Lipinski definition) is 3. The zero-order chi connectivity index (χ0) is 25.4. The number of nitrogens with one attached hydrogen (secondary N) is 2. The Hall–Kier alpha value is -3.98. The number of carbonyl (C=O) groups excluding carboxylic acids is 2. The highest BCUT2D eigenvalue weighted by Crippen LogP contribution is 2.18. The number of aryl methyl sites for hydroxylation is 1. The molecule has 0 unspecified atom stereocenters. The van der Waals surface area contributed by atoms with Crippen molar-refractivity contribution in [1.82, 2.24) is 14.8 Å². The van der Waals surface area contributed by atoms with Crippen molar-refractivity contribution in [2.75, 3.05) is 43.6 Å². The fraction of sp³-hybridized carbons (Fsp3) is 0.269. The van der Waals surface area contributed by atoms with Crippen LogP contribution in [0.3, 0.4) is 0 Å². The van der Waals surface area contributed by atoms with Gasteiger partial charge in [0.05, 0.1) is 11.4 Å². The van der Waals surface area contributed by atoms with E-state index in [1.165, 1.54) is 12.1 Å². The van der Waals surface area contributed by atoms with Gasteiger partial charge in [-0.2, -0.15) is 0 Å². The van der Waals surface area contributed by atoms with Crippen LogP contribution >= 0.6 is 0 Å². The Labute approximate surface area is 204 Å². The fourth-order valence-electron chi connectivity index (χ4n) is 3.43. The van der Waals surface area contributed by atoms with E-state index in [1.807, 2.05) is 19.0 Å². The SMILES string of the molecule is Cc1cc(NC(=O)N(CCCN(C)C)Cc2ccc(C(=O)Nc3ccccc3N)nc2)ccc1F. The Bertz CT molecular complexity index is 1170. The van der Waals surface area contributed by atoms with Crippen LogP contribution in [0.4, 0.5) is 26.2 Å². The van der Waals surface area contributed by atoms with Gasteiger partial charge in [0.1, 0.15) is 11.5 Å². The summed E-state index contributed by atoms with van der Waals surface area (Å²) in [6, 6.07) is 14.5. The summed E-state index contributed by atoms with van der Waals surface area (Å²) >= 11 is 0. The van der Waals surface area contributed by atoms with Crippen LogP contribution < -0.4 is 16.4 Å². The number of nitrogen functional groups attached to an aromatic ring is 1. The van der Waals surface area contributed by atoms with Crippen LogP contribution in [-0.4, -0.2) is 53.9 Å². The number of pyridine rings is 1. The summed E-state index contributed by atoms with van der Waals surface area (Å²) in [5.74, 6) is -0.697. The van der Waals surface area contributed by atoms with Gasteiger partial charge in [-0.1, -0.05) is 18.2 Å². The van der Waals surface area contributed by atoms with Crippen molar-refractivity contribution in [3.63, 3.8) is 0 Å². The van der Waals surface area contributed by atoms with Crippen LogP contribution in [0.1, 0.15) is 28.0 Å². The molecule has 0 aliphatic rings. The summed E-state index contributed by atoms with van der Waals surface area (Å²) in [4.78, 5) is 33.5. The molecule has 0 saturated heterocycles. The number of hydrogen-bond acceptors (Lipinski definition) is 5. The van der Waals surface area contributed by atoms with Gasteiger partial charge in [-0.05, 0) is 81.5 Å². The topological polar surface area (TPSA) is 104 Å². The zero-order valence-corrected chi connectivity index (χ0v) is 20.2. The van der Waals surface area contributed by atoms with Crippen molar-refractivity contribution in [2.45, 2.75) is 19.9 Å². The summed E-state index contributed by atoms with van der Waals surface area (Å²) in [5.41, 5.74) is 8.86. The van der Waals surface area contributed by atoms with Gasteiger partial charge >= 0.3 is 6.03 Å². The highest BCUT2D eigenvalue weighted by Gasteiger charge is 2.16. The molecule has 0 aliphatic carbocycles. The molecule has 4 N–H and O–H groups in total. The standard InChI is InChI=1S/C26H31FN6O2/c1-18-15-20(10-11-21(18)27)30-26(35)33(14-6-13-32(2)3)17-19-9-12-24(29-16-19)25(34)31-23-8-5-4-7-22(23)28/h4-5,7-12,15-16H,6,13-14,17,28H2,1-3H3,(H,30,35)(H,31,34). The average Bonchev–Trinajstić information content (AvgIpc) is 2.82. The van der Waals surface area contributed by atoms with Crippen LogP contribution in [0, 0.1) is 12.7 Å². The number of amides is 3. The third kappa shape index (κ3) is 7.51. The van der Waals surface area contributed by atoms with E-state index >= 15 is 0 Å². The van der Waals surface area contributed by atoms with Gasteiger partial charge in [0.2, 0.25) is 0 Å². The van der Waals surface area contributed by atoms with E-state index in [1.54, 1.807) is 60.5 Å². The largest absolute Gasteiger partial charge is 0.397 e. The molecule has 3 aromatic rings. The summed E-state index contributed by atoms with van der Waals surface area (Å²) in [7, 11) is 3.95. The van der Waals surface area contributed by atoms with Crippen molar-refractivity contribution in [1.29, 1.82) is 0 Å². The summed E-state index contributed by atoms with van der Waals surface area (Å²) in [5, 5.41) is 5.59. The molecule has 3 amide bonds. The van der Waals surface area contributed by atoms with E-state index in [0.29, 0.717) is 35.7 Å². The van der Waals surface area contributed by atoms with Gasteiger partial charge in [0.15, 0.2) is 0 Å². The number of benzene rings is 2. The molecule has 0 saturated carbocycles. The van der Waals surface area contributed by atoms with Crippen LogP contribution in [0.15, 0.2) is 60.8 Å². The Morgan fingerprint density at radius 3 is 2.46 bits per heavy atom. The van der Waals surface area contributed by atoms with E-state index in [0.717, 1.165) is 18.5 Å². The van der Waals surface area contributed by atoms with Gasteiger partial charge in [0, 0.05) is 25.0 Å². The lowest BCUT2D eigenvalue weighted by molar-refractivity contribution is 0.102. The molecule has 35 heavy (non-hydrogen) atoms. The first-order valence-corrected chi connectivity index (χ1v) is 11.3. The second kappa shape index (κ2) is 11.9. The predicted octanol–water partition coefficient (Wildman–Crippen LogP) is 4.35. The van der Waals surface area contributed by atoms with Crippen molar-refractivity contribution < 1.29 is 14.0 Å². The summed E-state index contributed by atoms with van der Waals surface area (Å²) in [6.07, 6.45) is 2.35. The summed E-state index contributed by atoms with van der Waals surface area (Å²) in [6.45, 7) is 3.29. The molecule has 3 rings (SSSR count). The molecule has 8 nitrogen and oxygen atoms in total. The Balaban J connectivity index is 1.68. The predicted molar refractivity (Wildman–Crippen MR) is 137 cm³/mol. The third-order valence-corrected chi connectivity index (χ3v) is 5.37. The minimum absolute atomic E-state index is 0.238. The lowest BCUT2D eigenvalue weighted by atomic mass is 10.2. The first-order valence-electron chi connectivity index (χ1n) is 11.3. The molecule has 184 valence electrons. The molecular formula is C26H31FN6O2. The molecule has 2 aromatic carbocycles. The number of rotatable bonds is 9. The second-order valence-electron chi connectivity index (χ2n) is 8.57. The number of aromatic nitrogens is 1. The van der Waals surface area contributed by atoms with E-state index in [-0.39, 0.29) is 23.4 Å². The van der Waals surface area contributed by atoms with Gasteiger partial charge in [-0.15, -0.1) is 0 Å². The molecule has 1 aromatic heterocycles. The van der Waals surface area contributed by atoms with Crippen molar-refractivity contribution in [3.8, 4) is 0 Å². The maximum absolute atomic E-state index is 13.6. The highest BCUT2D eigenvalue weighted by atomic mass is 19.1. The van der Waals surface area contributed by atoms with Gasteiger partial charge in [0.25, 0.3) is 5.91 Å². The van der Waals surface area contributed by atoms with Gasteiger partial charge in [-0.3, -0.25) is 9.78 Å². The highest BCUT2D eigenvalue weighted by molar-refractivity contribution is 6.04. The first-order chi connectivity index (χ1) is 16.7. The lowest BCUT2D eigenvalue weighted by Gasteiger charge is -2.24. The van der Waals surface area contributed by atoms with Crippen LogP contribution in [-0.2, 0) is 6.54 Å². The minimum Gasteiger partial charge on any atom is -0.397 e. The Morgan fingerprint density at radius 2 is 1.80 bits per heavy atom. The smallest absolute Gasteiger partial charge is 0.322 e. The first kappa shape index (κ1) is 25.6. The molecular weight excluding hydrogens is 447 g/mol. The van der Waals surface area contributed by atoms with E-state index in [2.05, 4.69) is 15.6 Å². The molecule has 1 heterocycles. The van der Waals surface area contributed by atoms with Crippen LogP contribution in [0.5, 0.6) is 0 Å². The number of nitrogens with zero attached hydrogens (tertiary/aromatic N) is 3. The molecule has 0 fully saturated rings. The normalized spacial score (nSPS) is 10.8. The number of carbonyl (C=O) groups is 2. The number of nitrogens with two attached hydrogens (primary N) is 1. The molecule has 0 atom stereocenters.